The fraction of sp³-hybridized carbons (Fsp3) is 0.300. The highest BCUT2D eigenvalue weighted by atomic mass is 16.3. The van der Waals surface area contributed by atoms with E-state index in [1.807, 2.05) is 6.92 Å². The molecule has 0 heterocycles. The van der Waals surface area contributed by atoms with Crippen molar-refractivity contribution >= 4 is 11.6 Å². The van der Waals surface area contributed by atoms with Crippen molar-refractivity contribution in [1.29, 1.82) is 0 Å². The first-order chi connectivity index (χ1) is 6.63. The molecule has 4 heteroatoms. The number of phenolic OH excluding ortho intramolecular Hbond substituents is 1. The van der Waals surface area contributed by atoms with Crippen LogP contribution in [0.5, 0.6) is 5.75 Å². The van der Waals surface area contributed by atoms with Gasteiger partial charge in [0.15, 0.2) is 0 Å². The fourth-order valence-electron chi connectivity index (χ4n) is 0.965. The Kier molecular flexibility index (Phi) is 3.48. The summed E-state index contributed by atoms with van der Waals surface area (Å²) in [4.78, 5) is 11.3. The van der Waals surface area contributed by atoms with Crippen molar-refractivity contribution in [3.05, 3.63) is 24.3 Å². The maximum absolute atomic E-state index is 11.3. The molecule has 1 atom stereocenters. The monoisotopic (exact) mass is 194 g/mol. The summed E-state index contributed by atoms with van der Waals surface area (Å²) in [7, 11) is 0. The zero-order valence-corrected chi connectivity index (χ0v) is 8.03. The van der Waals surface area contributed by atoms with Crippen molar-refractivity contribution in [1.82, 2.24) is 0 Å². The van der Waals surface area contributed by atoms with Gasteiger partial charge in [0.25, 0.3) is 0 Å². The van der Waals surface area contributed by atoms with Gasteiger partial charge in [-0.05, 0) is 30.7 Å². The van der Waals surface area contributed by atoms with Crippen LogP contribution >= 0.6 is 0 Å². The molecule has 1 amide bonds. The highest BCUT2D eigenvalue weighted by Gasteiger charge is 2.10. The molecule has 0 saturated carbocycles. The average Bonchev–Trinajstić information content (AvgIpc) is 2.20. The number of carbonyl (C=O) groups excluding carboxylic acids is 1. The third-order valence-electron chi connectivity index (χ3n) is 1.91. The molecule has 0 saturated heterocycles. The van der Waals surface area contributed by atoms with Crippen LogP contribution in [-0.2, 0) is 4.79 Å². The van der Waals surface area contributed by atoms with E-state index in [-0.39, 0.29) is 11.7 Å². The summed E-state index contributed by atoms with van der Waals surface area (Å²) in [6.45, 7) is 1.85. The van der Waals surface area contributed by atoms with Gasteiger partial charge in [-0.15, -0.1) is 0 Å². The second kappa shape index (κ2) is 4.62. The lowest BCUT2D eigenvalue weighted by molar-refractivity contribution is -0.117. The number of amides is 1. The minimum absolute atomic E-state index is 0.169. The molecule has 0 aliphatic carbocycles. The first-order valence-corrected chi connectivity index (χ1v) is 4.49. The van der Waals surface area contributed by atoms with Crippen LogP contribution in [0.25, 0.3) is 0 Å². The van der Waals surface area contributed by atoms with Crippen molar-refractivity contribution < 1.29 is 9.90 Å². The molecule has 0 aliphatic rings. The zero-order valence-electron chi connectivity index (χ0n) is 8.03. The molecule has 4 N–H and O–H groups in total. The minimum atomic E-state index is -0.483. The molecule has 1 aromatic carbocycles. The van der Waals surface area contributed by atoms with Crippen LogP contribution in [0, 0.1) is 0 Å². The standard InChI is InChI=1S/C10H14N2O2/c1-2-9(11)10(14)12-7-3-5-8(13)6-4-7/h3-6,9,13H,2,11H2,1H3,(H,12,14)/t9-/m0/s1. The lowest BCUT2D eigenvalue weighted by atomic mass is 10.2. The maximum Gasteiger partial charge on any atom is 0.241 e. The predicted molar refractivity (Wildman–Crippen MR) is 55.0 cm³/mol. The van der Waals surface area contributed by atoms with E-state index in [9.17, 15) is 4.79 Å². The molecule has 1 rings (SSSR count). The second-order valence-electron chi connectivity index (χ2n) is 3.05. The molecule has 76 valence electrons. The number of rotatable bonds is 3. The third-order valence-corrected chi connectivity index (χ3v) is 1.91. The normalized spacial score (nSPS) is 12.1. The van der Waals surface area contributed by atoms with Crippen LogP contribution in [0.4, 0.5) is 5.69 Å². The number of nitrogens with one attached hydrogen (secondary N) is 1. The van der Waals surface area contributed by atoms with E-state index in [4.69, 9.17) is 10.8 Å². The summed E-state index contributed by atoms with van der Waals surface area (Å²) in [5.41, 5.74) is 6.17. The smallest absolute Gasteiger partial charge is 0.241 e. The molecule has 1 aromatic rings. The van der Waals surface area contributed by atoms with Crippen molar-refractivity contribution in [2.24, 2.45) is 5.73 Å². The Morgan fingerprint density at radius 1 is 1.50 bits per heavy atom. The van der Waals surface area contributed by atoms with E-state index in [0.717, 1.165) is 0 Å². The zero-order chi connectivity index (χ0) is 10.6. The molecule has 0 unspecified atom stereocenters. The highest BCUT2D eigenvalue weighted by molar-refractivity contribution is 5.94. The number of carbonyl (C=O) groups is 1. The Morgan fingerprint density at radius 3 is 2.57 bits per heavy atom. The van der Waals surface area contributed by atoms with E-state index in [2.05, 4.69) is 5.32 Å². The molecular weight excluding hydrogens is 180 g/mol. The van der Waals surface area contributed by atoms with E-state index in [0.29, 0.717) is 12.1 Å². The first kappa shape index (κ1) is 10.5. The summed E-state index contributed by atoms with van der Waals surface area (Å²) in [6.07, 6.45) is 0.601. The summed E-state index contributed by atoms with van der Waals surface area (Å²) < 4.78 is 0. The number of anilines is 1. The highest BCUT2D eigenvalue weighted by Crippen LogP contribution is 2.13. The summed E-state index contributed by atoms with van der Waals surface area (Å²) in [5.74, 6) is -0.0408. The second-order valence-corrected chi connectivity index (χ2v) is 3.05. The van der Waals surface area contributed by atoms with Crippen LogP contribution in [0.3, 0.4) is 0 Å². The molecule has 4 nitrogen and oxygen atoms in total. The number of nitrogens with two attached hydrogens (primary N) is 1. The van der Waals surface area contributed by atoms with Gasteiger partial charge in [0, 0.05) is 5.69 Å². The van der Waals surface area contributed by atoms with E-state index in [1.54, 1.807) is 12.1 Å². The average molecular weight is 194 g/mol. The van der Waals surface area contributed by atoms with Gasteiger partial charge >= 0.3 is 0 Å². The largest absolute Gasteiger partial charge is 0.508 e. The van der Waals surface area contributed by atoms with Crippen LogP contribution in [-0.4, -0.2) is 17.1 Å². The Bertz CT molecular complexity index is 308. The number of benzene rings is 1. The molecule has 0 radical (unpaired) electrons. The van der Waals surface area contributed by atoms with Crippen molar-refractivity contribution in [3.8, 4) is 5.75 Å². The molecule has 0 bridgehead atoms. The van der Waals surface area contributed by atoms with E-state index in [1.165, 1.54) is 12.1 Å². The summed E-state index contributed by atoms with van der Waals surface area (Å²) in [5, 5.41) is 11.7. The molecule has 0 aliphatic heterocycles. The van der Waals surface area contributed by atoms with Crippen LogP contribution in [0.15, 0.2) is 24.3 Å². The molecule has 0 fully saturated rings. The Morgan fingerprint density at radius 2 is 2.07 bits per heavy atom. The quantitative estimate of drug-likeness (QED) is 0.630. The van der Waals surface area contributed by atoms with Crippen molar-refractivity contribution in [2.45, 2.75) is 19.4 Å². The Balaban J connectivity index is 2.60. The van der Waals surface area contributed by atoms with E-state index >= 15 is 0 Å². The lowest BCUT2D eigenvalue weighted by Gasteiger charge is -2.09. The summed E-state index contributed by atoms with van der Waals surface area (Å²) >= 11 is 0. The maximum atomic E-state index is 11.3. The van der Waals surface area contributed by atoms with Gasteiger partial charge in [-0.3, -0.25) is 4.79 Å². The Hall–Kier alpha value is -1.55. The molecule has 0 aromatic heterocycles. The van der Waals surface area contributed by atoms with Crippen LogP contribution in [0.1, 0.15) is 13.3 Å². The van der Waals surface area contributed by atoms with Crippen LogP contribution < -0.4 is 11.1 Å². The molecule has 14 heavy (non-hydrogen) atoms. The van der Waals surface area contributed by atoms with Gasteiger partial charge in [0.05, 0.1) is 6.04 Å². The van der Waals surface area contributed by atoms with Crippen molar-refractivity contribution in [2.75, 3.05) is 5.32 Å². The van der Waals surface area contributed by atoms with Gasteiger partial charge in [0.2, 0.25) is 5.91 Å². The molecule has 0 spiro atoms. The molecular formula is C10H14N2O2. The van der Waals surface area contributed by atoms with E-state index < -0.39 is 6.04 Å². The van der Waals surface area contributed by atoms with Crippen LogP contribution in [0.2, 0.25) is 0 Å². The van der Waals surface area contributed by atoms with Gasteiger partial charge in [-0.1, -0.05) is 6.92 Å². The third kappa shape index (κ3) is 2.74. The van der Waals surface area contributed by atoms with Crippen molar-refractivity contribution in [3.63, 3.8) is 0 Å². The lowest BCUT2D eigenvalue weighted by Crippen LogP contribution is -2.34. The summed E-state index contributed by atoms with van der Waals surface area (Å²) in [6, 6.07) is 5.77. The number of phenols is 1. The number of hydrogen-bond acceptors (Lipinski definition) is 3. The first-order valence-electron chi connectivity index (χ1n) is 4.49. The number of aromatic hydroxyl groups is 1. The van der Waals surface area contributed by atoms with Gasteiger partial charge in [0.1, 0.15) is 5.75 Å². The Labute approximate surface area is 82.7 Å². The van der Waals surface area contributed by atoms with Gasteiger partial charge in [-0.25, -0.2) is 0 Å². The number of hydrogen-bond donors (Lipinski definition) is 3. The van der Waals surface area contributed by atoms with Gasteiger partial charge in [-0.2, -0.15) is 0 Å². The predicted octanol–water partition coefficient (Wildman–Crippen LogP) is 1.07. The topological polar surface area (TPSA) is 75.4 Å². The fourth-order valence-corrected chi connectivity index (χ4v) is 0.965. The van der Waals surface area contributed by atoms with Gasteiger partial charge < -0.3 is 16.2 Å². The SMILES string of the molecule is CC[C@H](N)C(=O)Nc1ccc(O)cc1. The minimum Gasteiger partial charge on any atom is -0.508 e.